The second kappa shape index (κ2) is 7.79. The summed E-state index contributed by atoms with van der Waals surface area (Å²) in [5.41, 5.74) is 0.438. The van der Waals surface area contributed by atoms with Crippen molar-refractivity contribution in [1.29, 1.82) is 0 Å². The van der Waals surface area contributed by atoms with Crippen LogP contribution in [-0.4, -0.2) is 30.2 Å². The van der Waals surface area contributed by atoms with Gasteiger partial charge in [0.2, 0.25) is 17.6 Å². The number of allylic oxidation sites excluding steroid dienone is 2. The van der Waals surface area contributed by atoms with E-state index in [0.717, 1.165) is 11.3 Å². The van der Waals surface area contributed by atoms with Crippen molar-refractivity contribution in [2.75, 3.05) is 11.5 Å². The maximum absolute atomic E-state index is 13.4. The smallest absolute Gasteiger partial charge is 0.340 e. The monoisotopic (exact) mass is 495 g/mol. The number of esters is 1. The predicted molar refractivity (Wildman–Crippen MR) is 125 cm³/mol. The van der Waals surface area contributed by atoms with Gasteiger partial charge in [0.1, 0.15) is 0 Å². The molecule has 6 atom stereocenters. The van der Waals surface area contributed by atoms with Crippen LogP contribution in [0.15, 0.2) is 54.6 Å². The summed E-state index contributed by atoms with van der Waals surface area (Å²) in [6.45, 7) is -0.543. The highest BCUT2D eigenvalue weighted by Gasteiger charge is 2.67. The van der Waals surface area contributed by atoms with Crippen LogP contribution < -0.4 is 4.90 Å². The lowest BCUT2D eigenvalue weighted by molar-refractivity contribution is -0.124. The van der Waals surface area contributed by atoms with E-state index < -0.39 is 18.4 Å². The second-order valence-electron chi connectivity index (χ2n) is 9.31. The van der Waals surface area contributed by atoms with Gasteiger partial charge in [0.05, 0.1) is 28.1 Å². The molecule has 4 aliphatic carbocycles. The second-order valence-corrected chi connectivity index (χ2v) is 10.2. The molecule has 6 nitrogen and oxygen atoms in total. The average Bonchev–Trinajstić information content (AvgIpc) is 3.60. The Labute approximate surface area is 205 Å². The zero-order chi connectivity index (χ0) is 23.7. The van der Waals surface area contributed by atoms with Crippen molar-refractivity contribution in [2.45, 2.75) is 6.42 Å². The van der Waals surface area contributed by atoms with Gasteiger partial charge in [-0.15, -0.1) is 0 Å². The van der Waals surface area contributed by atoms with Crippen LogP contribution in [0.1, 0.15) is 27.1 Å². The molecule has 0 radical (unpaired) electrons. The number of carbonyl (C=O) groups excluding carboxylic acids is 4. The molecule has 1 aliphatic heterocycles. The van der Waals surface area contributed by atoms with Crippen molar-refractivity contribution >= 4 is 52.5 Å². The quantitative estimate of drug-likeness (QED) is 0.262. The fourth-order valence-electron chi connectivity index (χ4n) is 6.04. The van der Waals surface area contributed by atoms with E-state index in [-0.39, 0.29) is 57.3 Å². The normalized spacial score (nSPS) is 30.2. The Morgan fingerprint density at radius 2 is 1.56 bits per heavy atom. The summed E-state index contributed by atoms with van der Waals surface area (Å²) in [5.74, 6) is -1.41. The molecule has 2 amide bonds. The Morgan fingerprint density at radius 1 is 0.912 bits per heavy atom. The van der Waals surface area contributed by atoms with Crippen LogP contribution in [0.4, 0.5) is 5.69 Å². The fraction of sp³-hybridized carbons (Fsp3) is 0.308. The highest BCUT2D eigenvalue weighted by atomic mass is 35.5. The molecule has 5 aliphatic rings. The third-order valence-corrected chi connectivity index (χ3v) is 8.14. The lowest BCUT2D eigenvalue weighted by Crippen LogP contribution is -2.40. The van der Waals surface area contributed by atoms with Crippen molar-refractivity contribution in [3.63, 3.8) is 0 Å². The van der Waals surface area contributed by atoms with Crippen molar-refractivity contribution in [2.24, 2.45) is 35.5 Å². The minimum Gasteiger partial charge on any atom is -0.454 e. The topological polar surface area (TPSA) is 80.8 Å². The van der Waals surface area contributed by atoms with Gasteiger partial charge in [-0.05, 0) is 60.4 Å². The van der Waals surface area contributed by atoms with Gasteiger partial charge in [0.15, 0.2) is 6.61 Å². The van der Waals surface area contributed by atoms with Crippen LogP contribution in [-0.2, 0) is 14.3 Å². The Balaban J connectivity index is 1.24. The first kappa shape index (κ1) is 21.6. The number of hydrogen-bond acceptors (Lipinski definition) is 5. The van der Waals surface area contributed by atoms with Crippen LogP contribution in [0.25, 0.3) is 0 Å². The minimum absolute atomic E-state index is 0.0586. The van der Waals surface area contributed by atoms with Crippen molar-refractivity contribution in [3.8, 4) is 0 Å². The number of ketones is 1. The van der Waals surface area contributed by atoms with Gasteiger partial charge in [-0.3, -0.25) is 14.4 Å². The molecule has 172 valence electrons. The first-order valence-electron chi connectivity index (χ1n) is 11.2. The fourth-order valence-corrected chi connectivity index (χ4v) is 6.55. The van der Waals surface area contributed by atoms with Gasteiger partial charge in [-0.2, -0.15) is 0 Å². The highest BCUT2D eigenvalue weighted by molar-refractivity contribution is 6.37. The van der Waals surface area contributed by atoms with Crippen molar-refractivity contribution < 1.29 is 23.9 Å². The molecule has 8 heteroatoms. The summed E-state index contributed by atoms with van der Waals surface area (Å²) in [7, 11) is 0. The SMILES string of the molecule is O=C(COC(=O)c1ccccc1N1C(=O)[C@H]2[C@@H]3C=C[C@@H]([C@H]4C[C@H]34)[C@@H]2C1=O)c1ccc(Cl)cc1Cl. The average molecular weight is 496 g/mol. The predicted octanol–water partition coefficient (Wildman–Crippen LogP) is 4.59. The first-order chi connectivity index (χ1) is 16.4. The van der Waals surface area contributed by atoms with Gasteiger partial charge in [0.25, 0.3) is 0 Å². The summed E-state index contributed by atoms with van der Waals surface area (Å²) in [6, 6.07) is 10.8. The van der Waals surface area contributed by atoms with Gasteiger partial charge >= 0.3 is 5.97 Å². The number of ether oxygens (including phenoxy) is 1. The zero-order valence-corrected chi connectivity index (χ0v) is 19.3. The molecular weight excluding hydrogens is 477 g/mol. The third-order valence-electron chi connectivity index (χ3n) is 7.59. The summed E-state index contributed by atoms with van der Waals surface area (Å²) in [5, 5.41) is 0.542. The number of para-hydroxylation sites is 1. The molecule has 3 fully saturated rings. The number of anilines is 1. The van der Waals surface area contributed by atoms with Crippen molar-refractivity contribution in [3.05, 3.63) is 75.8 Å². The van der Waals surface area contributed by atoms with Crippen LogP contribution in [0.5, 0.6) is 0 Å². The Hall–Kier alpha value is -2.96. The first-order valence-corrected chi connectivity index (χ1v) is 11.9. The molecular formula is C26H19Cl2NO5. The minimum atomic E-state index is -0.798. The van der Waals surface area contributed by atoms with Gasteiger partial charge in [-0.1, -0.05) is 47.5 Å². The molecule has 2 aromatic rings. The van der Waals surface area contributed by atoms with E-state index in [0.29, 0.717) is 16.9 Å². The molecule has 2 bridgehead atoms. The number of Topliss-reactive ketones (excluding diaryl/α,β-unsaturated/α-hetero) is 1. The number of rotatable bonds is 5. The Bertz CT molecular complexity index is 1270. The van der Waals surface area contributed by atoms with E-state index in [4.69, 9.17) is 27.9 Å². The standard InChI is InChI=1S/C26H19Cl2NO5/c27-12-5-6-15(19(28)9-12)21(30)11-34-26(33)16-3-1-2-4-20(16)29-24(31)22-13-7-8-14(18-10-17(13)18)23(22)25(29)32/h1-9,13-14,17-18,22-23H,10-11H2/t13-,14+,17-,18-,22+,23+/m1/s1. The van der Waals surface area contributed by atoms with Gasteiger partial charge in [0, 0.05) is 10.6 Å². The van der Waals surface area contributed by atoms with Crippen molar-refractivity contribution in [1.82, 2.24) is 0 Å². The highest BCUT2D eigenvalue weighted by Crippen LogP contribution is 2.65. The van der Waals surface area contributed by atoms with E-state index in [1.165, 1.54) is 24.3 Å². The van der Waals surface area contributed by atoms with Crippen LogP contribution in [0.2, 0.25) is 10.0 Å². The number of halogens is 2. The molecule has 2 saturated carbocycles. The van der Waals surface area contributed by atoms with Gasteiger partial charge in [-0.25, -0.2) is 9.69 Å². The molecule has 0 aromatic heterocycles. The Morgan fingerprint density at radius 3 is 2.21 bits per heavy atom. The molecule has 1 heterocycles. The molecule has 0 N–H and O–H groups in total. The number of benzene rings is 2. The van der Waals surface area contributed by atoms with E-state index in [2.05, 4.69) is 12.2 Å². The lowest BCUT2D eigenvalue weighted by Gasteiger charge is -2.37. The molecule has 0 spiro atoms. The van der Waals surface area contributed by atoms with Gasteiger partial charge < -0.3 is 4.74 Å². The van der Waals surface area contributed by atoms with Crippen LogP contribution in [0, 0.1) is 35.5 Å². The van der Waals surface area contributed by atoms with E-state index in [1.54, 1.807) is 18.2 Å². The number of carbonyl (C=O) groups is 4. The molecule has 2 aromatic carbocycles. The van der Waals surface area contributed by atoms with E-state index >= 15 is 0 Å². The summed E-state index contributed by atoms with van der Waals surface area (Å²) < 4.78 is 5.26. The zero-order valence-electron chi connectivity index (χ0n) is 17.8. The summed E-state index contributed by atoms with van der Waals surface area (Å²) in [6.07, 6.45) is 5.27. The number of amides is 2. The maximum atomic E-state index is 13.4. The molecule has 7 rings (SSSR count). The number of nitrogens with zero attached hydrogens (tertiary/aromatic N) is 1. The summed E-state index contributed by atoms with van der Waals surface area (Å²) in [4.78, 5) is 53.5. The number of hydrogen-bond donors (Lipinski definition) is 0. The van der Waals surface area contributed by atoms with Crippen LogP contribution in [0.3, 0.4) is 0 Å². The van der Waals surface area contributed by atoms with E-state index in [1.807, 2.05) is 0 Å². The largest absolute Gasteiger partial charge is 0.454 e. The summed E-state index contributed by atoms with van der Waals surface area (Å²) >= 11 is 11.9. The molecule has 0 unspecified atom stereocenters. The lowest BCUT2D eigenvalue weighted by atomic mass is 9.63. The Kier molecular flexibility index (Phi) is 4.94. The van der Waals surface area contributed by atoms with E-state index in [9.17, 15) is 19.2 Å². The number of imide groups is 1. The third kappa shape index (κ3) is 3.16. The van der Waals surface area contributed by atoms with Crippen LogP contribution >= 0.6 is 23.2 Å². The molecule has 34 heavy (non-hydrogen) atoms. The molecule has 1 saturated heterocycles. The maximum Gasteiger partial charge on any atom is 0.340 e.